The van der Waals surface area contributed by atoms with Crippen LogP contribution < -0.4 is 5.32 Å². The first-order valence-electron chi connectivity index (χ1n) is 6.86. The van der Waals surface area contributed by atoms with Gasteiger partial charge in [0.25, 0.3) is 0 Å². The summed E-state index contributed by atoms with van der Waals surface area (Å²) in [6.45, 7) is 5.23. The Labute approximate surface area is 134 Å². The van der Waals surface area contributed by atoms with E-state index in [1.807, 2.05) is 12.1 Å². The molecule has 1 N–H and O–H groups in total. The van der Waals surface area contributed by atoms with Crippen LogP contribution in [-0.2, 0) is 0 Å². The highest BCUT2D eigenvalue weighted by Gasteiger charge is 2.16. The molecule has 0 aliphatic rings. The summed E-state index contributed by atoms with van der Waals surface area (Å²) in [4.78, 5) is 0. The minimum absolute atomic E-state index is 0.126. The van der Waals surface area contributed by atoms with E-state index in [0.29, 0.717) is 0 Å². The molecule has 0 radical (unpaired) electrons. The van der Waals surface area contributed by atoms with Crippen LogP contribution in [0.15, 0.2) is 46.9 Å². The minimum Gasteiger partial charge on any atom is -0.306 e. The highest BCUT2D eigenvalue weighted by molar-refractivity contribution is 9.10. The van der Waals surface area contributed by atoms with Crippen molar-refractivity contribution >= 4 is 27.5 Å². The molecule has 0 heterocycles. The first-order chi connectivity index (χ1) is 9.61. The zero-order chi connectivity index (χ0) is 14.5. The standard InChI is InChI=1S/C17H19BrClN/c1-3-10-20-17(13-6-4-12(2)5-7-13)15-11-14(18)8-9-16(15)19/h4-9,11,17,20H,3,10H2,1-2H3. The largest absolute Gasteiger partial charge is 0.306 e. The molecule has 0 fully saturated rings. The van der Waals surface area contributed by atoms with Crippen molar-refractivity contribution in [2.75, 3.05) is 6.54 Å². The van der Waals surface area contributed by atoms with Gasteiger partial charge in [-0.3, -0.25) is 0 Å². The lowest BCUT2D eigenvalue weighted by Gasteiger charge is -2.21. The van der Waals surface area contributed by atoms with Crippen LogP contribution in [0.3, 0.4) is 0 Å². The molecule has 3 heteroatoms. The second-order valence-electron chi connectivity index (χ2n) is 4.96. The lowest BCUT2D eigenvalue weighted by Crippen LogP contribution is -2.23. The molecule has 1 atom stereocenters. The molecule has 0 aliphatic heterocycles. The van der Waals surface area contributed by atoms with Crippen LogP contribution in [0.25, 0.3) is 0 Å². The fourth-order valence-electron chi connectivity index (χ4n) is 2.19. The maximum atomic E-state index is 6.39. The van der Waals surface area contributed by atoms with E-state index >= 15 is 0 Å². The van der Waals surface area contributed by atoms with Crippen molar-refractivity contribution in [3.05, 3.63) is 68.7 Å². The fraction of sp³-hybridized carbons (Fsp3) is 0.294. The number of halogens is 2. The zero-order valence-electron chi connectivity index (χ0n) is 11.8. The Hall–Kier alpha value is -0.830. The molecule has 1 unspecified atom stereocenters. The first kappa shape index (κ1) is 15.6. The zero-order valence-corrected chi connectivity index (χ0v) is 14.1. The van der Waals surface area contributed by atoms with Gasteiger partial charge < -0.3 is 5.32 Å². The Kier molecular flexibility index (Phi) is 5.64. The molecule has 2 aromatic carbocycles. The number of rotatable bonds is 5. The van der Waals surface area contributed by atoms with Gasteiger partial charge in [-0.25, -0.2) is 0 Å². The van der Waals surface area contributed by atoms with Gasteiger partial charge in [-0.15, -0.1) is 0 Å². The third kappa shape index (κ3) is 3.85. The van der Waals surface area contributed by atoms with Crippen molar-refractivity contribution in [3.8, 4) is 0 Å². The topological polar surface area (TPSA) is 12.0 Å². The van der Waals surface area contributed by atoms with Crippen LogP contribution in [0.4, 0.5) is 0 Å². The molecule has 0 aromatic heterocycles. The molecule has 0 bridgehead atoms. The van der Waals surface area contributed by atoms with Crippen LogP contribution in [0.5, 0.6) is 0 Å². The van der Waals surface area contributed by atoms with E-state index in [0.717, 1.165) is 28.0 Å². The van der Waals surface area contributed by atoms with Gasteiger partial charge in [0, 0.05) is 9.50 Å². The van der Waals surface area contributed by atoms with Gasteiger partial charge in [0.15, 0.2) is 0 Å². The molecule has 0 saturated heterocycles. The van der Waals surface area contributed by atoms with E-state index in [9.17, 15) is 0 Å². The maximum absolute atomic E-state index is 6.39. The molecule has 2 aromatic rings. The van der Waals surface area contributed by atoms with Crippen molar-refractivity contribution < 1.29 is 0 Å². The molecule has 20 heavy (non-hydrogen) atoms. The Morgan fingerprint density at radius 3 is 2.50 bits per heavy atom. The second-order valence-corrected chi connectivity index (χ2v) is 6.29. The van der Waals surface area contributed by atoms with Crippen LogP contribution >= 0.6 is 27.5 Å². The van der Waals surface area contributed by atoms with Crippen molar-refractivity contribution in [1.29, 1.82) is 0 Å². The molecule has 106 valence electrons. The Morgan fingerprint density at radius 1 is 1.15 bits per heavy atom. The number of benzene rings is 2. The quantitative estimate of drug-likeness (QED) is 0.749. The molecule has 0 aliphatic carbocycles. The van der Waals surface area contributed by atoms with E-state index < -0.39 is 0 Å². The van der Waals surface area contributed by atoms with Crippen molar-refractivity contribution in [2.24, 2.45) is 0 Å². The smallest absolute Gasteiger partial charge is 0.0591 e. The monoisotopic (exact) mass is 351 g/mol. The van der Waals surface area contributed by atoms with E-state index in [4.69, 9.17) is 11.6 Å². The number of hydrogen-bond acceptors (Lipinski definition) is 1. The maximum Gasteiger partial charge on any atom is 0.0591 e. The van der Waals surface area contributed by atoms with E-state index in [1.54, 1.807) is 0 Å². The molecule has 0 amide bonds. The van der Waals surface area contributed by atoms with Gasteiger partial charge >= 0.3 is 0 Å². The van der Waals surface area contributed by atoms with Crippen molar-refractivity contribution in [2.45, 2.75) is 26.3 Å². The van der Waals surface area contributed by atoms with Crippen molar-refractivity contribution in [1.82, 2.24) is 5.32 Å². The van der Waals surface area contributed by atoms with Gasteiger partial charge in [0.05, 0.1) is 6.04 Å². The minimum atomic E-state index is 0.126. The summed E-state index contributed by atoms with van der Waals surface area (Å²) in [6, 6.07) is 14.7. The van der Waals surface area contributed by atoms with Gasteiger partial charge in [-0.05, 0) is 49.2 Å². The van der Waals surface area contributed by atoms with E-state index in [1.165, 1.54) is 11.1 Å². The molecule has 0 spiro atoms. The van der Waals surface area contributed by atoms with E-state index in [2.05, 4.69) is 65.4 Å². The van der Waals surface area contributed by atoms with Gasteiger partial charge in [-0.1, -0.05) is 64.3 Å². The summed E-state index contributed by atoms with van der Waals surface area (Å²) >= 11 is 9.92. The molecule has 0 saturated carbocycles. The SMILES string of the molecule is CCCNC(c1ccc(C)cc1)c1cc(Br)ccc1Cl. The van der Waals surface area contributed by atoms with Crippen molar-refractivity contribution in [3.63, 3.8) is 0 Å². The third-order valence-corrected chi connectivity index (χ3v) is 4.12. The van der Waals surface area contributed by atoms with Gasteiger partial charge in [0.2, 0.25) is 0 Å². The highest BCUT2D eigenvalue weighted by atomic mass is 79.9. The molecule has 1 nitrogen and oxygen atoms in total. The Balaban J connectivity index is 2.41. The van der Waals surface area contributed by atoms with Crippen LogP contribution in [-0.4, -0.2) is 6.54 Å². The highest BCUT2D eigenvalue weighted by Crippen LogP contribution is 2.31. The number of nitrogens with one attached hydrogen (secondary N) is 1. The lowest BCUT2D eigenvalue weighted by atomic mass is 9.97. The molecule has 2 rings (SSSR count). The van der Waals surface area contributed by atoms with Crippen LogP contribution in [0.2, 0.25) is 5.02 Å². The first-order valence-corrected chi connectivity index (χ1v) is 8.04. The Morgan fingerprint density at radius 2 is 1.85 bits per heavy atom. The summed E-state index contributed by atoms with van der Waals surface area (Å²) in [5, 5.41) is 4.38. The molecular formula is C17H19BrClN. The normalized spacial score (nSPS) is 12.4. The molecular weight excluding hydrogens is 334 g/mol. The predicted molar refractivity (Wildman–Crippen MR) is 90.5 cm³/mol. The summed E-state index contributed by atoms with van der Waals surface area (Å²) in [7, 11) is 0. The average Bonchev–Trinajstić information content (AvgIpc) is 2.44. The predicted octanol–water partition coefficient (Wildman–Crippen LogP) is 5.50. The summed E-state index contributed by atoms with van der Waals surface area (Å²) < 4.78 is 1.05. The van der Waals surface area contributed by atoms with Crippen LogP contribution in [0, 0.1) is 6.92 Å². The van der Waals surface area contributed by atoms with Crippen LogP contribution in [0.1, 0.15) is 36.1 Å². The summed E-state index contributed by atoms with van der Waals surface area (Å²) in [5.41, 5.74) is 3.62. The van der Waals surface area contributed by atoms with E-state index in [-0.39, 0.29) is 6.04 Å². The second kappa shape index (κ2) is 7.26. The number of hydrogen-bond donors (Lipinski definition) is 1. The Bertz CT molecular complexity index is 566. The fourth-order valence-corrected chi connectivity index (χ4v) is 2.80. The lowest BCUT2D eigenvalue weighted by molar-refractivity contribution is 0.598. The summed E-state index contributed by atoms with van der Waals surface area (Å²) in [6.07, 6.45) is 1.09. The third-order valence-electron chi connectivity index (χ3n) is 3.28. The number of aryl methyl sites for hydroxylation is 1. The van der Waals surface area contributed by atoms with Gasteiger partial charge in [-0.2, -0.15) is 0 Å². The summed E-state index contributed by atoms with van der Waals surface area (Å²) in [5.74, 6) is 0. The van der Waals surface area contributed by atoms with Gasteiger partial charge in [0.1, 0.15) is 0 Å². The average molecular weight is 353 g/mol.